The summed E-state index contributed by atoms with van der Waals surface area (Å²) >= 11 is 0. The van der Waals surface area contributed by atoms with Crippen molar-refractivity contribution in [2.75, 3.05) is 18.0 Å². The second-order valence-corrected chi connectivity index (χ2v) is 4.25. The Balaban J connectivity index is 2.98. The third-order valence-corrected chi connectivity index (χ3v) is 2.61. The number of alkyl halides is 3. The molecule has 0 unspecified atom stereocenters. The average Bonchev–Trinajstić information content (AvgIpc) is 2.41. The second kappa shape index (κ2) is 6.92. The summed E-state index contributed by atoms with van der Waals surface area (Å²) in [6.07, 6.45) is -3.05. The van der Waals surface area contributed by atoms with Gasteiger partial charge in [0.25, 0.3) is 0 Å². The summed E-state index contributed by atoms with van der Waals surface area (Å²) in [7, 11) is 0. The Morgan fingerprint density at radius 1 is 1.38 bits per heavy atom. The molecule has 7 heteroatoms. The van der Waals surface area contributed by atoms with Crippen LogP contribution in [0.25, 0.3) is 0 Å². The lowest BCUT2D eigenvalue weighted by Crippen LogP contribution is -2.40. The Labute approximate surface area is 120 Å². The number of anilines is 1. The van der Waals surface area contributed by atoms with Gasteiger partial charge < -0.3 is 10.2 Å². The van der Waals surface area contributed by atoms with Gasteiger partial charge in [0.15, 0.2) is 0 Å². The van der Waals surface area contributed by atoms with E-state index in [0.717, 1.165) is 17.0 Å². The largest absolute Gasteiger partial charge is 0.416 e. The fourth-order valence-electron chi connectivity index (χ4n) is 1.62. The van der Waals surface area contributed by atoms with Gasteiger partial charge in [0, 0.05) is 19.2 Å². The topological polar surface area (TPSA) is 49.4 Å². The minimum absolute atomic E-state index is 0.0195. The van der Waals surface area contributed by atoms with Gasteiger partial charge in [-0.25, -0.2) is 0 Å². The quantitative estimate of drug-likeness (QED) is 0.849. The molecule has 0 heterocycles. The molecule has 2 amide bonds. The predicted octanol–water partition coefficient (Wildman–Crippen LogP) is 2.36. The molecule has 0 aromatic heterocycles. The van der Waals surface area contributed by atoms with Crippen LogP contribution in [0.15, 0.2) is 36.9 Å². The summed E-state index contributed by atoms with van der Waals surface area (Å²) in [4.78, 5) is 24.1. The van der Waals surface area contributed by atoms with Crippen molar-refractivity contribution in [2.45, 2.75) is 13.1 Å². The van der Waals surface area contributed by atoms with Gasteiger partial charge in [-0.2, -0.15) is 13.2 Å². The maximum absolute atomic E-state index is 12.7. The van der Waals surface area contributed by atoms with Crippen LogP contribution < -0.4 is 10.2 Å². The maximum atomic E-state index is 12.7. The van der Waals surface area contributed by atoms with E-state index in [1.165, 1.54) is 25.1 Å². The average molecular weight is 300 g/mol. The summed E-state index contributed by atoms with van der Waals surface area (Å²) in [6.45, 7) is 4.46. The molecule has 0 aliphatic carbocycles. The van der Waals surface area contributed by atoms with Crippen LogP contribution in [0.1, 0.15) is 12.5 Å². The second-order valence-electron chi connectivity index (χ2n) is 4.25. The highest BCUT2D eigenvalue weighted by atomic mass is 19.4. The molecule has 0 bridgehead atoms. The molecule has 0 aliphatic rings. The first kappa shape index (κ1) is 16.7. The first-order chi connectivity index (χ1) is 9.75. The van der Waals surface area contributed by atoms with E-state index in [1.54, 1.807) is 0 Å². The SMILES string of the molecule is C=CCNC(=O)CN(C(C)=O)c1cccc(C(F)(F)F)c1. The molecule has 0 aliphatic heterocycles. The minimum Gasteiger partial charge on any atom is -0.351 e. The third kappa shape index (κ3) is 4.94. The minimum atomic E-state index is -4.51. The van der Waals surface area contributed by atoms with Crippen LogP contribution in [0, 0.1) is 0 Å². The number of nitrogens with one attached hydrogen (secondary N) is 1. The van der Waals surface area contributed by atoms with Crippen molar-refractivity contribution >= 4 is 17.5 Å². The smallest absolute Gasteiger partial charge is 0.351 e. The molecule has 1 aromatic carbocycles. The van der Waals surface area contributed by atoms with Gasteiger partial charge in [0.05, 0.1) is 5.56 Å². The fourth-order valence-corrected chi connectivity index (χ4v) is 1.62. The summed E-state index contributed by atoms with van der Waals surface area (Å²) < 4.78 is 38.0. The van der Waals surface area contributed by atoms with E-state index in [4.69, 9.17) is 0 Å². The molecule has 0 spiro atoms. The van der Waals surface area contributed by atoms with Gasteiger partial charge in [0.2, 0.25) is 11.8 Å². The molecule has 21 heavy (non-hydrogen) atoms. The monoisotopic (exact) mass is 300 g/mol. The Kier molecular flexibility index (Phi) is 5.52. The van der Waals surface area contributed by atoms with Crippen LogP contribution in [-0.4, -0.2) is 24.9 Å². The van der Waals surface area contributed by atoms with E-state index in [0.29, 0.717) is 0 Å². The summed E-state index contributed by atoms with van der Waals surface area (Å²) in [5, 5.41) is 2.46. The van der Waals surface area contributed by atoms with Crippen LogP contribution in [0.3, 0.4) is 0 Å². The van der Waals surface area contributed by atoms with Crippen molar-refractivity contribution in [1.29, 1.82) is 0 Å². The van der Waals surface area contributed by atoms with Crippen molar-refractivity contribution in [1.82, 2.24) is 5.32 Å². The first-order valence-electron chi connectivity index (χ1n) is 6.08. The highest BCUT2D eigenvalue weighted by Crippen LogP contribution is 2.31. The lowest BCUT2D eigenvalue weighted by Gasteiger charge is -2.21. The lowest BCUT2D eigenvalue weighted by molar-refractivity contribution is -0.137. The van der Waals surface area contributed by atoms with E-state index in [-0.39, 0.29) is 18.8 Å². The number of hydrogen-bond acceptors (Lipinski definition) is 2. The predicted molar refractivity (Wildman–Crippen MR) is 72.7 cm³/mol. The lowest BCUT2D eigenvalue weighted by atomic mass is 10.1. The Hall–Kier alpha value is -2.31. The van der Waals surface area contributed by atoms with Gasteiger partial charge >= 0.3 is 6.18 Å². The van der Waals surface area contributed by atoms with Crippen LogP contribution in [-0.2, 0) is 15.8 Å². The molecule has 0 atom stereocenters. The Morgan fingerprint density at radius 2 is 2.05 bits per heavy atom. The molecule has 1 N–H and O–H groups in total. The van der Waals surface area contributed by atoms with Crippen LogP contribution in [0.2, 0.25) is 0 Å². The number of nitrogens with zero attached hydrogens (tertiary/aromatic N) is 1. The number of carbonyl (C=O) groups is 2. The van der Waals surface area contributed by atoms with E-state index in [9.17, 15) is 22.8 Å². The molecule has 4 nitrogen and oxygen atoms in total. The van der Waals surface area contributed by atoms with Gasteiger partial charge in [-0.05, 0) is 18.2 Å². The number of carbonyl (C=O) groups excluding carboxylic acids is 2. The van der Waals surface area contributed by atoms with Crippen LogP contribution in [0.4, 0.5) is 18.9 Å². The number of hydrogen-bond donors (Lipinski definition) is 1. The number of benzene rings is 1. The zero-order valence-electron chi connectivity index (χ0n) is 11.4. The highest BCUT2D eigenvalue weighted by Gasteiger charge is 2.31. The number of rotatable bonds is 5. The number of amides is 2. The van der Waals surface area contributed by atoms with Gasteiger partial charge in [-0.15, -0.1) is 6.58 Å². The fraction of sp³-hybridized carbons (Fsp3) is 0.286. The zero-order chi connectivity index (χ0) is 16.0. The molecule has 0 saturated carbocycles. The van der Waals surface area contributed by atoms with Crippen LogP contribution in [0.5, 0.6) is 0 Å². The highest BCUT2D eigenvalue weighted by molar-refractivity contribution is 5.97. The molecule has 1 aromatic rings. The Morgan fingerprint density at radius 3 is 2.57 bits per heavy atom. The van der Waals surface area contributed by atoms with E-state index in [1.807, 2.05) is 0 Å². The van der Waals surface area contributed by atoms with Gasteiger partial charge in [-0.3, -0.25) is 9.59 Å². The number of halogens is 3. The summed E-state index contributed by atoms with van der Waals surface area (Å²) in [6, 6.07) is 4.27. The van der Waals surface area contributed by atoms with Crippen LogP contribution >= 0.6 is 0 Å². The van der Waals surface area contributed by atoms with Crippen molar-refractivity contribution in [3.8, 4) is 0 Å². The van der Waals surface area contributed by atoms with E-state index in [2.05, 4.69) is 11.9 Å². The molecule has 0 fully saturated rings. The van der Waals surface area contributed by atoms with E-state index < -0.39 is 23.6 Å². The van der Waals surface area contributed by atoms with Gasteiger partial charge in [0.1, 0.15) is 6.54 Å². The molecule has 0 saturated heterocycles. The Bertz CT molecular complexity index is 541. The summed E-state index contributed by atoms with van der Waals surface area (Å²) in [5.74, 6) is -1.01. The third-order valence-electron chi connectivity index (χ3n) is 2.61. The van der Waals surface area contributed by atoms with Crippen molar-refractivity contribution in [2.24, 2.45) is 0 Å². The van der Waals surface area contributed by atoms with Crippen molar-refractivity contribution in [3.05, 3.63) is 42.5 Å². The molecular weight excluding hydrogens is 285 g/mol. The van der Waals surface area contributed by atoms with Gasteiger partial charge in [-0.1, -0.05) is 12.1 Å². The molecule has 114 valence electrons. The van der Waals surface area contributed by atoms with Crippen molar-refractivity contribution in [3.63, 3.8) is 0 Å². The molecule has 1 rings (SSSR count). The normalized spacial score (nSPS) is 10.9. The maximum Gasteiger partial charge on any atom is 0.416 e. The zero-order valence-corrected chi connectivity index (χ0v) is 11.4. The van der Waals surface area contributed by atoms with E-state index >= 15 is 0 Å². The molecular formula is C14H15F3N2O2. The molecule has 0 radical (unpaired) electrons. The first-order valence-corrected chi connectivity index (χ1v) is 6.08. The summed E-state index contributed by atoms with van der Waals surface area (Å²) in [5.41, 5.74) is -0.858. The standard InChI is InChI=1S/C14H15F3N2O2/c1-3-7-18-13(21)9-19(10(2)20)12-6-4-5-11(8-12)14(15,16)17/h3-6,8H,1,7,9H2,2H3,(H,18,21). The van der Waals surface area contributed by atoms with Crippen molar-refractivity contribution < 1.29 is 22.8 Å².